The van der Waals surface area contributed by atoms with Crippen LogP contribution in [0.15, 0.2) is 59.8 Å². The minimum atomic E-state index is -0.233. The third kappa shape index (κ3) is 4.54. The second kappa shape index (κ2) is 9.13. The van der Waals surface area contributed by atoms with E-state index >= 15 is 0 Å². The topological polar surface area (TPSA) is 91.0 Å². The molecule has 1 atom stereocenters. The van der Waals surface area contributed by atoms with Gasteiger partial charge in [-0.2, -0.15) is 5.10 Å². The second-order valence-corrected chi connectivity index (χ2v) is 8.09. The van der Waals surface area contributed by atoms with Crippen molar-refractivity contribution in [2.24, 2.45) is 5.92 Å². The van der Waals surface area contributed by atoms with Gasteiger partial charge in [0, 0.05) is 41.6 Å². The SMILES string of the molecule is CSc1cccc(NC(=O)[C@@H]2CCCN(C(=O)c3cc(-c4ccncc4)n[nH]3)C2)c1. The summed E-state index contributed by atoms with van der Waals surface area (Å²) in [5, 5.41) is 10.1. The van der Waals surface area contributed by atoms with Gasteiger partial charge in [-0.25, -0.2) is 0 Å². The lowest BCUT2D eigenvalue weighted by Crippen LogP contribution is -2.43. The number of pyridine rings is 1. The molecule has 1 aliphatic heterocycles. The molecule has 30 heavy (non-hydrogen) atoms. The fraction of sp³-hybridized carbons (Fsp3) is 0.273. The fourth-order valence-corrected chi connectivity index (χ4v) is 4.05. The van der Waals surface area contributed by atoms with Gasteiger partial charge in [-0.15, -0.1) is 11.8 Å². The van der Waals surface area contributed by atoms with Crippen LogP contribution >= 0.6 is 11.8 Å². The van der Waals surface area contributed by atoms with Gasteiger partial charge >= 0.3 is 0 Å². The summed E-state index contributed by atoms with van der Waals surface area (Å²) in [6, 6.07) is 13.2. The van der Waals surface area contributed by atoms with E-state index in [1.807, 2.05) is 42.7 Å². The molecule has 3 heterocycles. The average Bonchev–Trinajstić information content (AvgIpc) is 3.30. The Kier molecular flexibility index (Phi) is 6.13. The van der Waals surface area contributed by atoms with Crippen LogP contribution < -0.4 is 5.32 Å². The van der Waals surface area contributed by atoms with Gasteiger partial charge in [0.15, 0.2) is 0 Å². The summed E-state index contributed by atoms with van der Waals surface area (Å²) in [5.74, 6) is -0.416. The Morgan fingerprint density at radius 1 is 1.20 bits per heavy atom. The van der Waals surface area contributed by atoms with Crippen LogP contribution in [0.5, 0.6) is 0 Å². The third-order valence-corrected chi connectivity index (χ3v) is 5.93. The largest absolute Gasteiger partial charge is 0.337 e. The number of H-pyrrole nitrogens is 1. The Bertz CT molecular complexity index is 1040. The number of carbonyl (C=O) groups is 2. The lowest BCUT2D eigenvalue weighted by atomic mass is 9.96. The highest BCUT2D eigenvalue weighted by Crippen LogP contribution is 2.23. The molecule has 0 radical (unpaired) electrons. The maximum atomic E-state index is 13.0. The van der Waals surface area contributed by atoms with Crippen molar-refractivity contribution in [1.29, 1.82) is 0 Å². The quantitative estimate of drug-likeness (QED) is 0.613. The molecule has 1 fully saturated rings. The van der Waals surface area contributed by atoms with Crippen molar-refractivity contribution in [3.63, 3.8) is 0 Å². The van der Waals surface area contributed by atoms with Crippen LogP contribution in [0.3, 0.4) is 0 Å². The maximum absolute atomic E-state index is 13.0. The van der Waals surface area contributed by atoms with E-state index in [1.165, 1.54) is 0 Å². The molecule has 1 saturated heterocycles. The first-order valence-corrected chi connectivity index (χ1v) is 11.1. The molecule has 3 aromatic rings. The lowest BCUT2D eigenvalue weighted by molar-refractivity contribution is -0.121. The number of likely N-dealkylation sites (tertiary alicyclic amines) is 1. The van der Waals surface area contributed by atoms with E-state index < -0.39 is 0 Å². The van der Waals surface area contributed by atoms with Crippen LogP contribution in [-0.4, -0.2) is 51.2 Å². The number of piperidine rings is 1. The fourth-order valence-electron chi connectivity index (χ4n) is 3.59. The van der Waals surface area contributed by atoms with E-state index in [4.69, 9.17) is 0 Å². The highest BCUT2D eigenvalue weighted by molar-refractivity contribution is 7.98. The molecule has 1 aliphatic rings. The Morgan fingerprint density at radius 2 is 2.03 bits per heavy atom. The van der Waals surface area contributed by atoms with Crippen LogP contribution in [0.25, 0.3) is 11.3 Å². The minimum Gasteiger partial charge on any atom is -0.337 e. The summed E-state index contributed by atoms with van der Waals surface area (Å²) < 4.78 is 0. The first kappa shape index (κ1) is 20.2. The molecule has 0 unspecified atom stereocenters. The second-order valence-electron chi connectivity index (χ2n) is 7.21. The van der Waals surface area contributed by atoms with E-state index in [2.05, 4.69) is 20.5 Å². The molecule has 0 aliphatic carbocycles. The van der Waals surface area contributed by atoms with Gasteiger partial charge in [-0.3, -0.25) is 19.7 Å². The number of anilines is 1. The third-order valence-electron chi connectivity index (χ3n) is 5.20. The van der Waals surface area contributed by atoms with Crippen molar-refractivity contribution >= 4 is 29.3 Å². The number of hydrogen-bond donors (Lipinski definition) is 2. The van der Waals surface area contributed by atoms with Crippen LogP contribution in [0.2, 0.25) is 0 Å². The van der Waals surface area contributed by atoms with Crippen molar-refractivity contribution in [2.75, 3.05) is 24.7 Å². The van der Waals surface area contributed by atoms with Crippen molar-refractivity contribution in [1.82, 2.24) is 20.1 Å². The number of nitrogens with one attached hydrogen (secondary N) is 2. The van der Waals surface area contributed by atoms with Crippen molar-refractivity contribution in [2.45, 2.75) is 17.7 Å². The summed E-state index contributed by atoms with van der Waals surface area (Å²) >= 11 is 1.63. The van der Waals surface area contributed by atoms with E-state index in [9.17, 15) is 9.59 Å². The number of benzene rings is 1. The normalized spacial score (nSPS) is 16.3. The van der Waals surface area contributed by atoms with Crippen LogP contribution in [0.4, 0.5) is 5.69 Å². The molecule has 0 spiro atoms. The van der Waals surface area contributed by atoms with Gasteiger partial charge in [-0.1, -0.05) is 6.07 Å². The standard InChI is InChI=1S/C22H23N5O2S/c1-30-18-6-2-5-17(12-18)24-21(28)16-4-3-11-27(14-16)22(29)20-13-19(25-26-20)15-7-9-23-10-8-15/h2,5-10,12-13,16H,3-4,11,14H2,1H3,(H,24,28)(H,25,26)/t16-/m1/s1. The molecule has 4 rings (SSSR count). The summed E-state index contributed by atoms with van der Waals surface area (Å²) in [4.78, 5) is 32.6. The summed E-state index contributed by atoms with van der Waals surface area (Å²) in [6.45, 7) is 1.03. The predicted molar refractivity (Wildman–Crippen MR) is 117 cm³/mol. The maximum Gasteiger partial charge on any atom is 0.271 e. The molecule has 0 saturated carbocycles. The molecular formula is C22H23N5O2S. The summed E-state index contributed by atoms with van der Waals surface area (Å²) in [7, 11) is 0. The van der Waals surface area contributed by atoms with Crippen LogP contribution in [0, 0.1) is 5.92 Å². The first-order chi connectivity index (χ1) is 14.6. The summed E-state index contributed by atoms with van der Waals surface area (Å²) in [6.07, 6.45) is 6.94. The van der Waals surface area contributed by atoms with E-state index in [-0.39, 0.29) is 17.7 Å². The molecule has 2 N–H and O–H groups in total. The molecule has 1 aromatic carbocycles. The number of thioether (sulfide) groups is 1. The highest BCUT2D eigenvalue weighted by atomic mass is 32.2. The molecule has 7 nitrogen and oxygen atoms in total. The molecule has 8 heteroatoms. The van der Waals surface area contributed by atoms with Crippen molar-refractivity contribution in [3.8, 4) is 11.3 Å². The zero-order chi connectivity index (χ0) is 20.9. The lowest BCUT2D eigenvalue weighted by Gasteiger charge is -2.31. The number of aromatic amines is 1. The van der Waals surface area contributed by atoms with Gasteiger partial charge in [0.1, 0.15) is 5.69 Å². The monoisotopic (exact) mass is 421 g/mol. The van der Waals surface area contributed by atoms with E-state index in [1.54, 1.807) is 35.1 Å². The highest BCUT2D eigenvalue weighted by Gasteiger charge is 2.29. The van der Waals surface area contributed by atoms with Gasteiger partial charge in [0.05, 0.1) is 11.6 Å². The molecule has 154 valence electrons. The minimum absolute atomic E-state index is 0.0483. The smallest absolute Gasteiger partial charge is 0.271 e. The number of aromatic nitrogens is 3. The first-order valence-electron chi connectivity index (χ1n) is 9.84. The Morgan fingerprint density at radius 3 is 2.83 bits per heavy atom. The number of nitrogens with zero attached hydrogens (tertiary/aromatic N) is 3. The van der Waals surface area contributed by atoms with Crippen LogP contribution in [-0.2, 0) is 4.79 Å². The molecule has 2 aromatic heterocycles. The van der Waals surface area contributed by atoms with Crippen molar-refractivity contribution in [3.05, 3.63) is 60.6 Å². The molecule has 0 bridgehead atoms. The Balaban J connectivity index is 1.41. The Hall–Kier alpha value is -3.13. The van der Waals surface area contributed by atoms with Gasteiger partial charge < -0.3 is 10.2 Å². The predicted octanol–water partition coefficient (Wildman–Crippen LogP) is 3.68. The zero-order valence-electron chi connectivity index (χ0n) is 16.7. The number of carbonyl (C=O) groups excluding carboxylic acids is 2. The van der Waals surface area contributed by atoms with Gasteiger partial charge in [-0.05, 0) is 55.5 Å². The average molecular weight is 422 g/mol. The summed E-state index contributed by atoms with van der Waals surface area (Å²) in [5.41, 5.74) is 2.80. The van der Waals surface area contributed by atoms with E-state index in [0.717, 1.165) is 29.0 Å². The molecule has 2 amide bonds. The van der Waals surface area contributed by atoms with E-state index in [0.29, 0.717) is 24.5 Å². The van der Waals surface area contributed by atoms with Gasteiger partial charge in [0.2, 0.25) is 5.91 Å². The number of amides is 2. The van der Waals surface area contributed by atoms with Crippen molar-refractivity contribution < 1.29 is 9.59 Å². The number of rotatable bonds is 5. The van der Waals surface area contributed by atoms with Gasteiger partial charge in [0.25, 0.3) is 5.91 Å². The zero-order valence-corrected chi connectivity index (χ0v) is 17.5. The number of hydrogen-bond acceptors (Lipinski definition) is 5. The Labute approximate surface area is 179 Å². The van der Waals surface area contributed by atoms with Crippen LogP contribution in [0.1, 0.15) is 23.3 Å². The molecular weight excluding hydrogens is 398 g/mol.